The van der Waals surface area contributed by atoms with Crippen molar-refractivity contribution in [1.29, 1.82) is 0 Å². The highest BCUT2D eigenvalue weighted by molar-refractivity contribution is 7.92. The van der Waals surface area contributed by atoms with E-state index >= 15 is 0 Å². The lowest BCUT2D eigenvalue weighted by Gasteiger charge is -2.16. The predicted octanol–water partition coefficient (Wildman–Crippen LogP) is 3.83. The van der Waals surface area contributed by atoms with E-state index in [2.05, 4.69) is 17.0 Å². The first-order chi connectivity index (χ1) is 12.5. The van der Waals surface area contributed by atoms with Crippen LogP contribution in [-0.2, 0) is 16.3 Å². The fourth-order valence-corrected chi connectivity index (χ4v) is 5.36. The molecule has 5 heteroatoms. The molecule has 1 fully saturated rings. The molecule has 1 atom stereocenters. The van der Waals surface area contributed by atoms with Gasteiger partial charge >= 0.3 is 0 Å². The van der Waals surface area contributed by atoms with E-state index in [1.54, 1.807) is 18.4 Å². The zero-order chi connectivity index (χ0) is 18.1. The van der Waals surface area contributed by atoms with Crippen LogP contribution >= 0.6 is 0 Å². The summed E-state index contributed by atoms with van der Waals surface area (Å²) in [5, 5.41) is 0.810. The zero-order valence-electron chi connectivity index (χ0n) is 14.9. The first kappa shape index (κ1) is 17.3. The third kappa shape index (κ3) is 3.41. The summed E-state index contributed by atoms with van der Waals surface area (Å²) in [6.45, 7) is 4.30. The van der Waals surface area contributed by atoms with E-state index in [1.807, 2.05) is 31.2 Å². The van der Waals surface area contributed by atoms with Gasteiger partial charge < -0.3 is 9.32 Å². The second-order valence-electron chi connectivity index (χ2n) is 7.11. The summed E-state index contributed by atoms with van der Waals surface area (Å²) < 4.78 is 31.1. The molecule has 1 saturated heterocycles. The Morgan fingerprint density at radius 1 is 1.12 bits per heavy atom. The maximum absolute atomic E-state index is 12.8. The minimum Gasteiger partial charge on any atom is -0.464 e. The van der Waals surface area contributed by atoms with Crippen LogP contribution in [0.2, 0.25) is 0 Å². The number of rotatable bonds is 5. The molecule has 0 saturated carbocycles. The summed E-state index contributed by atoms with van der Waals surface area (Å²) >= 11 is 0. The monoisotopic (exact) mass is 369 g/mol. The molecule has 0 aliphatic carbocycles. The van der Waals surface area contributed by atoms with Crippen LogP contribution in [0.15, 0.2) is 64.1 Å². The molecule has 1 aliphatic rings. The molecule has 0 unspecified atom stereocenters. The molecule has 136 valence electrons. The Bertz CT molecular complexity index is 1010. The van der Waals surface area contributed by atoms with Gasteiger partial charge in [-0.15, -0.1) is 0 Å². The fourth-order valence-electron chi connectivity index (χ4n) is 3.63. The van der Waals surface area contributed by atoms with Gasteiger partial charge in [0.1, 0.15) is 5.58 Å². The molecule has 3 aromatic rings. The molecule has 0 N–H and O–H groups in total. The second-order valence-corrected chi connectivity index (χ2v) is 9.34. The van der Waals surface area contributed by atoms with E-state index in [0.717, 1.165) is 36.0 Å². The number of furan rings is 1. The molecule has 0 spiro atoms. The molecule has 4 rings (SSSR count). The van der Waals surface area contributed by atoms with Gasteiger partial charge in [0.15, 0.2) is 9.84 Å². The van der Waals surface area contributed by atoms with Crippen LogP contribution in [0.5, 0.6) is 0 Å². The average Bonchev–Trinajstić information content (AvgIpc) is 3.29. The molecule has 2 aromatic carbocycles. The Labute approximate surface area is 154 Å². The molecule has 0 amide bonds. The van der Waals surface area contributed by atoms with Crippen molar-refractivity contribution >= 4 is 20.8 Å². The Hall–Kier alpha value is -2.11. The van der Waals surface area contributed by atoms with Gasteiger partial charge in [0, 0.05) is 18.5 Å². The fraction of sp³-hybridized carbons (Fsp3) is 0.333. The van der Waals surface area contributed by atoms with Crippen molar-refractivity contribution < 1.29 is 12.8 Å². The number of hydrogen-bond acceptors (Lipinski definition) is 4. The molecule has 0 bridgehead atoms. The quantitative estimate of drug-likeness (QED) is 0.686. The summed E-state index contributed by atoms with van der Waals surface area (Å²) in [5.74, 6) is 0. The molecule has 1 aliphatic heterocycles. The van der Waals surface area contributed by atoms with Crippen molar-refractivity contribution in [3.05, 3.63) is 65.9 Å². The van der Waals surface area contributed by atoms with Gasteiger partial charge in [-0.3, -0.25) is 0 Å². The van der Waals surface area contributed by atoms with Crippen LogP contribution in [0.4, 0.5) is 0 Å². The van der Waals surface area contributed by atoms with Crippen molar-refractivity contribution in [2.75, 3.05) is 19.6 Å². The zero-order valence-corrected chi connectivity index (χ0v) is 15.7. The number of likely N-dealkylation sites (tertiary alicyclic amines) is 1. The molecular weight excluding hydrogens is 346 g/mol. The number of fused-ring (bicyclic) bond motifs is 1. The summed E-state index contributed by atoms with van der Waals surface area (Å²) in [6, 6.07) is 15.4. The van der Waals surface area contributed by atoms with Crippen molar-refractivity contribution in [2.45, 2.75) is 29.9 Å². The van der Waals surface area contributed by atoms with Crippen molar-refractivity contribution in [1.82, 2.24) is 4.90 Å². The van der Waals surface area contributed by atoms with Crippen LogP contribution in [-0.4, -0.2) is 38.2 Å². The van der Waals surface area contributed by atoms with Gasteiger partial charge in [-0.25, -0.2) is 8.42 Å². The van der Waals surface area contributed by atoms with E-state index in [0.29, 0.717) is 17.9 Å². The van der Waals surface area contributed by atoms with Gasteiger partial charge in [-0.1, -0.05) is 23.8 Å². The van der Waals surface area contributed by atoms with E-state index in [-0.39, 0.29) is 5.25 Å². The highest BCUT2D eigenvalue weighted by Crippen LogP contribution is 2.25. The van der Waals surface area contributed by atoms with Gasteiger partial charge in [0.05, 0.1) is 16.4 Å². The summed E-state index contributed by atoms with van der Waals surface area (Å²) in [7, 11) is -3.25. The number of hydrogen-bond donors (Lipinski definition) is 0. The van der Waals surface area contributed by atoms with Gasteiger partial charge in [-0.05, 0) is 62.2 Å². The third-order valence-corrected chi connectivity index (χ3v) is 7.44. The summed E-state index contributed by atoms with van der Waals surface area (Å²) in [4.78, 5) is 2.70. The highest BCUT2D eigenvalue weighted by Gasteiger charge is 2.33. The molecule has 0 radical (unpaired) electrons. The number of sulfone groups is 1. The summed E-state index contributed by atoms with van der Waals surface area (Å²) in [6.07, 6.45) is 3.32. The first-order valence-electron chi connectivity index (χ1n) is 9.01. The van der Waals surface area contributed by atoms with Crippen molar-refractivity contribution in [3.63, 3.8) is 0 Å². The van der Waals surface area contributed by atoms with E-state index in [9.17, 15) is 8.42 Å². The van der Waals surface area contributed by atoms with Gasteiger partial charge in [0.2, 0.25) is 0 Å². The first-order valence-corrected chi connectivity index (χ1v) is 10.6. The van der Waals surface area contributed by atoms with Crippen molar-refractivity contribution in [2.24, 2.45) is 0 Å². The number of aryl methyl sites for hydroxylation is 1. The minimum atomic E-state index is -3.25. The number of benzene rings is 2. The molecule has 4 nitrogen and oxygen atoms in total. The maximum Gasteiger partial charge on any atom is 0.182 e. The second kappa shape index (κ2) is 6.89. The Morgan fingerprint density at radius 2 is 1.92 bits per heavy atom. The van der Waals surface area contributed by atoms with Gasteiger partial charge in [0.25, 0.3) is 0 Å². The number of nitrogens with zero attached hydrogens (tertiary/aromatic N) is 1. The van der Waals surface area contributed by atoms with Crippen LogP contribution < -0.4 is 0 Å². The van der Waals surface area contributed by atoms with Crippen LogP contribution in [0.25, 0.3) is 11.0 Å². The van der Waals surface area contributed by atoms with E-state index < -0.39 is 9.84 Å². The van der Waals surface area contributed by atoms with Crippen LogP contribution in [0, 0.1) is 6.92 Å². The Balaban J connectivity index is 1.39. The van der Waals surface area contributed by atoms with Gasteiger partial charge in [-0.2, -0.15) is 0 Å². The topological polar surface area (TPSA) is 50.5 Å². The molecular formula is C21H23NO3S. The highest BCUT2D eigenvalue weighted by atomic mass is 32.2. The van der Waals surface area contributed by atoms with E-state index in [4.69, 9.17) is 4.42 Å². The lowest BCUT2D eigenvalue weighted by atomic mass is 10.1. The predicted molar refractivity (Wildman–Crippen MR) is 103 cm³/mol. The van der Waals surface area contributed by atoms with Crippen LogP contribution in [0.3, 0.4) is 0 Å². The molecule has 2 heterocycles. The molecule has 1 aromatic heterocycles. The smallest absolute Gasteiger partial charge is 0.182 e. The molecule has 26 heavy (non-hydrogen) atoms. The lowest BCUT2D eigenvalue weighted by Crippen LogP contribution is -2.28. The minimum absolute atomic E-state index is 0.304. The summed E-state index contributed by atoms with van der Waals surface area (Å²) in [5.41, 5.74) is 3.23. The largest absolute Gasteiger partial charge is 0.464 e. The maximum atomic E-state index is 12.8. The van der Waals surface area contributed by atoms with E-state index in [1.165, 1.54) is 5.56 Å². The average molecular weight is 369 g/mol. The van der Waals surface area contributed by atoms with Crippen molar-refractivity contribution in [3.8, 4) is 0 Å². The van der Waals surface area contributed by atoms with Crippen LogP contribution in [0.1, 0.15) is 17.5 Å². The Kier molecular flexibility index (Phi) is 4.59. The normalized spacial score (nSPS) is 18.6. The standard InChI is InChI=1S/C21H23NO3S/c1-16-2-5-19(6-3-16)26(23,24)20-9-12-22(15-20)11-8-17-4-7-21-18(14-17)10-13-25-21/h2-7,10,13-14,20H,8-9,11-12,15H2,1H3/t20-/m0/s1. The Morgan fingerprint density at radius 3 is 2.73 bits per heavy atom. The lowest BCUT2D eigenvalue weighted by molar-refractivity contribution is 0.343. The third-order valence-electron chi connectivity index (χ3n) is 5.25. The SMILES string of the molecule is Cc1ccc(S(=O)(=O)[C@H]2CCN(CCc3ccc4occc4c3)C2)cc1.